The number of nitrogens with one attached hydrogen (secondary N) is 1. The summed E-state index contributed by atoms with van der Waals surface area (Å²) in [7, 11) is 0. The van der Waals surface area contributed by atoms with E-state index in [0.29, 0.717) is 18.9 Å². The Morgan fingerprint density at radius 2 is 2.10 bits per heavy atom. The van der Waals surface area contributed by atoms with Crippen molar-refractivity contribution in [1.82, 2.24) is 10.3 Å². The largest absolute Gasteiger partial charge is 0.350 e. The Balaban J connectivity index is 1.42. The highest BCUT2D eigenvalue weighted by Gasteiger charge is 2.26. The van der Waals surface area contributed by atoms with Crippen LogP contribution in [0.15, 0.2) is 29.6 Å². The Labute approximate surface area is 129 Å². The Bertz CT molecular complexity index is 614. The van der Waals surface area contributed by atoms with Gasteiger partial charge in [-0.3, -0.25) is 4.79 Å². The minimum atomic E-state index is 0.0940. The summed E-state index contributed by atoms with van der Waals surface area (Å²) >= 11 is 1.72. The first-order valence-corrected chi connectivity index (χ1v) is 8.35. The lowest BCUT2D eigenvalue weighted by molar-refractivity contribution is -0.121. The second-order valence-electron chi connectivity index (χ2n) is 5.71. The molecule has 0 radical (unpaired) electrons. The zero-order valence-corrected chi connectivity index (χ0v) is 13.1. The maximum Gasteiger partial charge on any atom is 0.220 e. The van der Waals surface area contributed by atoms with Crippen LogP contribution in [-0.4, -0.2) is 10.9 Å². The summed E-state index contributed by atoms with van der Waals surface area (Å²) in [6.45, 7) is 2.62. The predicted molar refractivity (Wildman–Crippen MR) is 85.4 cm³/mol. The van der Waals surface area contributed by atoms with E-state index >= 15 is 0 Å². The highest BCUT2D eigenvalue weighted by Crippen LogP contribution is 2.41. The first-order chi connectivity index (χ1) is 10.2. The molecule has 2 aromatic rings. The number of nitrogens with zero attached hydrogens (tertiary/aromatic N) is 1. The molecular weight excluding hydrogens is 280 g/mol. The van der Waals surface area contributed by atoms with Gasteiger partial charge in [0, 0.05) is 17.7 Å². The van der Waals surface area contributed by atoms with Crippen molar-refractivity contribution < 1.29 is 4.79 Å². The van der Waals surface area contributed by atoms with Crippen LogP contribution >= 0.6 is 11.3 Å². The first-order valence-electron chi connectivity index (χ1n) is 7.47. The number of rotatable bonds is 6. The lowest BCUT2D eigenvalue weighted by Crippen LogP contribution is -2.23. The molecular formula is C17H20N2OS. The topological polar surface area (TPSA) is 42.0 Å². The van der Waals surface area contributed by atoms with Crippen molar-refractivity contribution in [1.29, 1.82) is 0 Å². The number of amides is 1. The van der Waals surface area contributed by atoms with Crippen LogP contribution in [0.25, 0.3) is 0 Å². The van der Waals surface area contributed by atoms with Gasteiger partial charge < -0.3 is 5.32 Å². The van der Waals surface area contributed by atoms with Crippen molar-refractivity contribution in [2.75, 3.05) is 0 Å². The van der Waals surface area contributed by atoms with E-state index in [9.17, 15) is 4.79 Å². The van der Waals surface area contributed by atoms with Crippen LogP contribution in [0.4, 0.5) is 0 Å². The lowest BCUT2D eigenvalue weighted by atomic mass is 10.1. The van der Waals surface area contributed by atoms with Crippen molar-refractivity contribution in [3.63, 3.8) is 0 Å². The number of aromatic nitrogens is 1. The standard InChI is InChI=1S/C17H20N2OS/c1-12-2-4-13(5-3-12)6-9-16(20)18-10-15-11-21-17(19-15)14-7-8-14/h2-5,11,14H,6-10H2,1H3,(H,18,20). The van der Waals surface area contributed by atoms with E-state index in [1.54, 1.807) is 11.3 Å². The number of aryl methyl sites for hydroxylation is 2. The third kappa shape index (κ3) is 4.14. The van der Waals surface area contributed by atoms with Crippen LogP contribution in [0.5, 0.6) is 0 Å². The maximum absolute atomic E-state index is 11.9. The summed E-state index contributed by atoms with van der Waals surface area (Å²) in [4.78, 5) is 16.5. The molecule has 0 spiro atoms. The van der Waals surface area contributed by atoms with Crippen LogP contribution in [0.2, 0.25) is 0 Å². The Hall–Kier alpha value is -1.68. The van der Waals surface area contributed by atoms with Crippen LogP contribution in [0.3, 0.4) is 0 Å². The van der Waals surface area contributed by atoms with Crippen LogP contribution < -0.4 is 5.32 Å². The second kappa shape index (κ2) is 6.39. The van der Waals surface area contributed by atoms with Gasteiger partial charge in [0.1, 0.15) is 0 Å². The molecule has 0 aliphatic heterocycles. The van der Waals surface area contributed by atoms with Crippen molar-refractivity contribution in [2.24, 2.45) is 0 Å². The summed E-state index contributed by atoms with van der Waals surface area (Å²) in [6, 6.07) is 8.35. The molecule has 0 saturated heterocycles. The van der Waals surface area contributed by atoms with Gasteiger partial charge >= 0.3 is 0 Å². The summed E-state index contributed by atoms with van der Waals surface area (Å²) in [5.74, 6) is 0.789. The van der Waals surface area contributed by atoms with Crippen LogP contribution in [0.1, 0.15) is 47.0 Å². The highest BCUT2D eigenvalue weighted by atomic mass is 32.1. The number of benzene rings is 1. The Kier molecular flexibility index (Phi) is 4.34. The third-order valence-electron chi connectivity index (χ3n) is 3.72. The molecule has 1 heterocycles. The maximum atomic E-state index is 11.9. The SMILES string of the molecule is Cc1ccc(CCC(=O)NCc2csc(C3CC3)n2)cc1. The Morgan fingerprint density at radius 3 is 2.81 bits per heavy atom. The minimum absolute atomic E-state index is 0.0940. The van der Waals surface area contributed by atoms with Crippen molar-refractivity contribution in [3.05, 3.63) is 51.5 Å². The summed E-state index contributed by atoms with van der Waals surface area (Å²) < 4.78 is 0. The highest BCUT2D eigenvalue weighted by molar-refractivity contribution is 7.09. The van der Waals surface area contributed by atoms with Crippen LogP contribution in [-0.2, 0) is 17.8 Å². The molecule has 4 heteroatoms. The molecule has 3 rings (SSSR count). The molecule has 21 heavy (non-hydrogen) atoms. The van der Waals surface area contributed by atoms with Gasteiger partial charge in [-0.15, -0.1) is 11.3 Å². The molecule has 1 saturated carbocycles. The normalized spacial score (nSPS) is 14.1. The van der Waals surface area contributed by atoms with Crippen molar-refractivity contribution in [2.45, 2.75) is 45.1 Å². The van der Waals surface area contributed by atoms with Crippen molar-refractivity contribution >= 4 is 17.2 Å². The number of carbonyl (C=O) groups is 1. The van der Waals surface area contributed by atoms with Gasteiger partial charge in [0.2, 0.25) is 5.91 Å². The second-order valence-corrected chi connectivity index (χ2v) is 6.60. The van der Waals surface area contributed by atoms with E-state index in [4.69, 9.17) is 0 Å². The fourth-order valence-corrected chi connectivity index (χ4v) is 3.20. The summed E-state index contributed by atoms with van der Waals surface area (Å²) in [5, 5.41) is 6.26. The molecule has 0 atom stereocenters. The average molecular weight is 300 g/mol. The molecule has 1 aromatic carbocycles. The van der Waals surface area contributed by atoms with E-state index in [0.717, 1.165) is 12.1 Å². The quantitative estimate of drug-likeness (QED) is 0.886. The zero-order chi connectivity index (χ0) is 14.7. The molecule has 3 nitrogen and oxygen atoms in total. The van der Waals surface area contributed by atoms with Gasteiger partial charge in [0.05, 0.1) is 17.2 Å². The van der Waals surface area contributed by atoms with Gasteiger partial charge in [-0.1, -0.05) is 29.8 Å². The van der Waals surface area contributed by atoms with E-state index < -0.39 is 0 Å². The fourth-order valence-electron chi connectivity index (χ4n) is 2.21. The van der Waals surface area contributed by atoms with Gasteiger partial charge in [-0.2, -0.15) is 0 Å². The number of hydrogen-bond acceptors (Lipinski definition) is 3. The van der Waals surface area contributed by atoms with Crippen LogP contribution in [0, 0.1) is 6.92 Å². The van der Waals surface area contributed by atoms with E-state index in [2.05, 4.69) is 46.9 Å². The number of hydrogen-bond donors (Lipinski definition) is 1. The molecule has 0 bridgehead atoms. The van der Waals surface area contributed by atoms with Gasteiger partial charge in [-0.05, 0) is 31.7 Å². The number of carbonyl (C=O) groups excluding carboxylic acids is 1. The molecule has 1 aromatic heterocycles. The lowest BCUT2D eigenvalue weighted by Gasteiger charge is -2.04. The smallest absolute Gasteiger partial charge is 0.220 e. The average Bonchev–Trinajstić information content (AvgIpc) is 3.23. The molecule has 1 fully saturated rings. The van der Waals surface area contributed by atoms with Gasteiger partial charge in [0.15, 0.2) is 0 Å². The Morgan fingerprint density at radius 1 is 1.33 bits per heavy atom. The van der Waals surface area contributed by atoms with Gasteiger partial charge in [-0.25, -0.2) is 4.98 Å². The zero-order valence-electron chi connectivity index (χ0n) is 12.3. The monoisotopic (exact) mass is 300 g/mol. The first kappa shape index (κ1) is 14.3. The summed E-state index contributed by atoms with van der Waals surface area (Å²) in [5.41, 5.74) is 3.45. The van der Waals surface area contributed by atoms with E-state index in [1.807, 2.05) is 0 Å². The third-order valence-corrected chi connectivity index (χ3v) is 4.78. The van der Waals surface area contributed by atoms with Crippen molar-refractivity contribution in [3.8, 4) is 0 Å². The number of thiazole rings is 1. The predicted octanol–water partition coefficient (Wildman–Crippen LogP) is 3.58. The summed E-state index contributed by atoms with van der Waals surface area (Å²) in [6.07, 6.45) is 3.87. The minimum Gasteiger partial charge on any atom is -0.350 e. The van der Waals surface area contributed by atoms with Gasteiger partial charge in [0.25, 0.3) is 0 Å². The molecule has 1 aliphatic rings. The molecule has 1 N–H and O–H groups in total. The molecule has 1 amide bonds. The van der Waals surface area contributed by atoms with E-state index in [1.165, 1.54) is 29.0 Å². The van der Waals surface area contributed by atoms with E-state index in [-0.39, 0.29) is 5.91 Å². The molecule has 0 unspecified atom stereocenters. The molecule has 1 aliphatic carbocycles. The fraction of sp³-hybridized carbons (Fsp3) is 0.412. The molecule has 110 valence electrons.